The van der Waals surface area contributed by atoms with E-state index in [4.69, 9.17) is 37.9 Å². The Morgan fingerprint density at radius 1 is 0.600 bits per heavy atom. The standard InChI is InChI=1S/C29H46N2O22.2Na/c1-6-10(30-7(2)33)18(12(35)9(5-32)47-6)48-29-16(39)14(37)21(23(52-29)25(43)44)50-27-11(31-8(3)34)19(17(40)26(45)53-27)49-28-15(38)13(36)20(46-4)22(51-28)24(41)42;;/h6,9-23,26-29,32,35-40,45H,5H2,1-4H3,(H,30,33)(H,31,34)(H,41,42)(H,43,44);;/q;2*+1/p-2/t6-,9?,10?,11?,12?,13?,14?,15?,16?,17?,18?,19?,20?,21?,22?,23?,26?,27?,28?,29?;;/m1../s1. The van der Waals surface area contributed by atoms with Crippen molar-refractivity contribution in [2.75, 3.05) is 13.7 Å². The summed E-state index contributed by atoms with van der Waals surface area (Å²) in [5, 5.41) is 114. The Morgan fingerprint density at radius 2 is 1.04 bits per heavy atom. The van der Waals surface area contributed by atoms with Crippen LogP contribution in [0.1, 0.15) is 20.8 Å². The van der Waals surface area contributed by atoms with E-state index in [0.29, 0.717) is 0 Å². The Morgan fingerprint density at radius 3 is 1.49 bits per heavy atom. The molecule has 0 saturated carbocycles. The van der Waals surface area contributed by atoms with Crippen LogP contribution in [0.3, 0.4) is 0 Å². The van der Waals surface area contributed by atoms with Crippen molar-refractivity contribution in [2.45, 2.75) is 143 Å². The van der Waals surface area contributed by atoms with E-state index < -0.39 is 153 Å². The summed E-state index contributed by atoms with van der Waals surface area (Å²) < 4.78 is 43.1. The number of amides is 2. The summed E-state index contributed by atoms with van der Waals surface area (Å²) in [6.07, 6.45) is -34.9. The molecule has 20 atom stereocenters. The third kappa shape index (κ3) is 11.3. The van der Waals surface area contributed by atoms with Crippen LogP contribution in [0, 0.1) is 0 Å². The second kappa shape index (κ2) is 21.5. The summed E-state index contributed by atoms with van der Waals surface area (Å²) in [6, 6.07) is -2.98. The molecule has 55 heavy (non-hydrogen) atoms. The van der Waals surface area contributed by atoms with Gasteiger partial charge in [-0.2, -0.15) is 0 Å². The molecule has 24 nitrogen and oxygen atoms in total. The van der Waals surface area contributed by atoms with Crippen LogP contribution in [0.15, 0.2) is 0 Å². The zero-order valence-corrected chi connectivity index (χ0v) is 34.5. The Balaban J connectivity index is 0.00000523. The van der Waals surface area contributed by atoms with Crippen molar-refractivity contribution in [3.8, 4) is 0 Å². The van der Waals surface area contributed by atoms with Gasteiger partial charge in [0.25, 0.3) is 0 Å². The zero-order chi connectivity index (χ0) is 39.6. The van der Waals surface area contributed by atoms with Gasteiger partial charge in [0.15, 0.2) is 25.2 Å². The van der Waals surface area contributed by atoms with Gasteiger partial charge in [0, 0.05) is 21.0 Å². The summed E-state index contributed by atoms with van der Waals surface area (Å²) in [5.74, 6) is -5.46. The normalized spacial score (nSPS) is 44.6. The number of rotatable bonds is 12. The van der Waals surface area contributed by atoms with Gasteiger partial charge in [-0.15, -0.1) is 0 Å². The van der Waals surface area contributed by atoms with Gasteiger partial charge in [0.1, 0.15) is 85.4 Å². The Bertz CT molecular complexity index is 1310. The maximum absolute atomic E-state index is 12.3. The SMILES string of the molecule is COC1C(C(=O)[O-])OC(OC2C(O)C(O)OC(OC3C(C(=O)[O-])OC(OC4C(O)C(CO)O[C@H](C)C4NC(C)=O)C(O)C3O)C2NC(C)=O)C(O)C1O.[Na+].[Na+]. The molecule has 0 aromatic heterocycles. The molecule has 0 aromatic carbocycles. The fourth-order valence-electron chi connectivity index (χ4n) is 6.54. The molecule has 10 N–H and O–H groups in total. The summed E-state index contributed by atoms with van der Waals surface area (Å²) in [4.78, 5) is 48.2. The molecule has 0 bridgehead atoms. The van der Waals surface area contributed by atoms with Crippen molar-refractivity contribution in [3.05, 3.63) is 0 Å². The minimum Gasteiger partial charge on any atom is -0.547 e. The van der Waals surface area contributed by atoms with Crippen LogP contribution in [0.25, 0.3) is 0 Å². The maximum atomic E-state index is 12.3. The van der Waals surface area contributed by atoms with Gasteiger partial charge >= 0.3 is 59.1 Å². The number of carboxylic acid groups (broad SMARTS) is 2. The van der Waals surface area contributed by atoms with Gasteiger partial charge in [0.05, 0.1) is 30.7 Å². The maximum Gasteiger partial charge on any atom is 1.00 e. The van der Waals surface area contributed by atoms with E-state index in [0.717, 1.165) is 21.0 Å². The topological polar surface area (TPSA) is 374 Å². The molecular formula is C29H44N2Na2O22. The van der Waals surface area contributed by atoms with Crippen molar-refractivity contribution in [3.63, 3.8) is 0 Å². The minimum absolute atomic E-state index is 0. The van der Waals surface area contributed by atoms with Crippen LogP contribution in [0.5, 0.6) is 0 Å². The first kappa shape index (κ1) is 50.4. The average Bonchev–Trinajstić information content (AvgIpc) is 3.08. The van der Waals surface area contributed by atoms with E-state index >= 15 is 0 Å². The van der Waals surface area contributed by atoms with E-state index in [2.05, 4.69) is 10.6 Å². The third-order valence-corrected chi connectivity index (χ3v) is 9.14. The molecule has 26 heteroatoms. The second-order valence-electron chi connectivity index (χ2n) is 12.8. The first-order valence-electron chi connectivity index (χ1n) is 16.3. The van der Waals surface area contributed by atoms with Crippen LogP contribution in [-0.4, -0.2) is 201 Å². The smallest absolute Gasteiger partial charge is 0.547 e. The fraction of sp³-hybridized carbons (Fsp3) is 0.862. The number of methoxy groups -OCH3 is 1. The zero-order valence-electron chi connectivity index (χ0n) is 30.5. The molecule has 4 fully saturated rings. The van der Waals surface area contributed by atoms with Crippen molar-refractivity contribution in [1.82, 2.24) is 10.6 Å². The van der Waals surface area contributed by atoms with Gasteiger partial charge in [0.2, 0.25) is 11.8 Å². The number of aliphatic hydroxyl groups excluding tert-OH is 8. The molecule has 2 amide bonds. The predicted octanol–water partition coefficient (Wildman–Crippen LogP) is -16.3. The van der Waals surface area contributed by atoms with Gasteiger partial charge in [-0.05, 0) is 6.92 Å². The van der Waals surface area contributed by atoms with Crippen molar-refractivity contribution in [2.24, 2.45) is 0 Å². The van der Waals surface area contributed by atoms with Crippen molar-refractivity contribution in [1.29, 1.82) is 0 Å². The number of carbonyl (C=O) groups excluding carboxylic acids is 4. The monoisotopic (exact) mass is 818 g/mol. The predicted molar refractivity (Wildman–Crippen MR) is 156 cm³/mol. The molecule has 19 unspecified atom stereocenters. The molecule has 4 aliphatic rings. The Hall–Kier alpha value is -0.760. The first-order valence-corrected chi connectivity index (χ1v) is 16.3. The van der Waals surface area contributed by atoms with Gasteiger partial charge in [-0.1, -0.05) is 0 Å². The molecule has 4 saturated heterocycles. The third-order valence-electron chi connectivity index (χ3n) is 9.14. The number of hydrogen-bond acceptors (Lipinski definition) is 22. The molecule has 0 aliphatic carbocycles. The molecular weight excluding hydrogens is 774 g/mol. The number of hydrogen-bond donors (Lipinski definition) is 10. The van der Waals surface area contributed by atoms with E-state index in [1.165, 1.54) is 6.92 Å². The van der Waals surface area contributed by atoms with Crippen molar-refractivity contribution < 1.29 is 167 Å². The number of carbonyl (C=O) groups is 4. The van der Waals surface area contributed by atoms with Crippen LogP contribution >= 0.6 is 0 Å². The average molecular weight is 819 g/mol. The van der Waals surface area contributed by atoms with Crippen LogP contribution < -0.4 is 80.0 Å². The van der Waals surface area contributed by atoms with E-state index in [-0.39, 0.29) is 59.1 Å². The first-order chi connectivity index (χ1) is 24.8. The van der Waals surface area contributed by atoms with Gasteiger partial charge < -0.3 is 109 Å². The largest absolute Gasteiger partial charge is 1.00 e. The number of aliphatic hydroxyl groups is 8. The molecule has 0 aromatic rings. The number of aliphatic carboxylic acids is 2. The molecule has 304 valence electrons. The molecule has 4 rings (SSSR count). The van der Waals surface area contributed by atoms with Gasteiger partial charge in [-0.3, -0.25) is 9.59 Å². The van der Waals surface area contributed by atoms with Gasteiger partial charge in [-0.25, -0.2) is 0 Å². The number of ether oxygens (including phenoxy) is 8. The summed E-state index contributed by atoms with van der Waals surface area (Å²) in [7, 11) is 1.01. The quantitative estimate of drug-likeness (QED) is 0.0817. The summed E-state index contributed by atoms with van der Waals surface area (Å²) >= 11 is 0. The molecule has 4 heterocycles. The number of nitrogens with one attached hydrogen (secondary N) is 2. The van der Waals surface area contributed by atoms with E-state index in [1.54, 1.807) is 0 Å². The van der Waals surface area contributed by atoms with Crippen molar-refractivity contribution >= 4 is 23.8 Å². The summed E-state index contributed by atoms with van der Waals surface area (Å²) in [5.41, 5.74) is 0. The van der Waals surface area contributed by atoms with E-state index in [1.807, 2.05) is 0 Å². The van der Waals surface area contributed by atoms with Crippen LogP contribution in [0.2, 0.25) is 0 Å². The Kier molecular flexibility index (Phi) is 19.7. The molecule has 0 radical (unpaired) electrons. The van der Waals surface area contributed by atoms with Crippen LogP contribution in [0.4, 0.5) is 0 Å². The fourth-order valence-corrected chi connectivity index (χ4v) is 6.54. The van der Waals surface area contributed by atoms with E-state index in [9.17, 15) is 70.2 Å². The minimum atomic E-state index is -2.36. The summed E-state index contributed by atoms with van der Waals surface area (Å²) in [6.45, 7) is 2.85. The molecule has 0 spiro atoms. The van der Waals surface area contributed by atoms with Crippen LogP contribution in [-0.2, 0) is 57.1 Å². The Labute approximate surface area is 356 Å². The molecule has 4 aliphatic heterocycles. The second-order valence-corrected chi connectivity index (χ2v) is 12.8. The number of carboxylic acids is 2.